The van der Waals surface area contributed by atoms with E-state index in [0.717, 1.165) is 10.9 Å². The lowest BCUT2D eigenvalue weighted by molar-refractivity contribution is -0.138. The van der Waals surface area contributed by atoms with E-state index in [0.29, 0.717) is 24.0 Å². The summed E-state index contributed by atoms with van der Waals surface area (Å²) in [6, 6.07) is 4.31. The van der Waals surface area contributed by atoms with Crippen LogP contribution in [-0.4, -0.2) is 161 Å². The van der Waals surface area contributed by atoms with Crippen LogP contribution in [0.2, 0.25) is 0 Å². The highest BCUT2D eigenvalue weighted by molar-refractivity contribution is 5.99. The quantitative estimate of drug-likeness (QED) is 0.0158. The van der Waals surface area contributed by atoms with Crippen LogP contribution < -0.4 is 70.8 Å². The van der Waals surface area contributed by atoms with Crippen LogP contribution in [0.1, 0.15) is 77.8 Å². The standard InChI is InChI=1S/C51H77N15O12/c1-27(2)41(50(78)65-39(23-32-24-57-35-17-10-9-16-33(32)35)48(76)61-30(5)44(72)60-29(4)43(71)59-28(3)42(70)58-25-40(68)69)66-47(75)36(18-11-12-20-52)63-49(77)38(22-31-14-7-6-8-15-31)64-46(74)37(19-13-21-56-51(54)55)62-45(73)34(53)26-67/h6-10,14-17,24,27-30,34,36-39,41,57,67H,11-13,18-23,25-26,52-53H2,1-5H3,(H,58,70)(H,59,71)(H,60,72)(H,61,76)(H,62,73)(H,63,77)(H,64,74)(H,65,78)(H,66,75)(H,68,69)(H4,54,55,56)/t28-,29-,30-,34-,36-,37-,38-,39-,41-/m0/s1. The topological polar surface area (TPSA) is 452 Å². The Balaban J connectivity index is 1.89. The van der Waals surface area contributed by atoms with Gasteiger partial charge in [-0.25, -0.2) is 0 Å². The summed E-state index contributed by atoms with van der Waals surface area (Å²) in [5, 5.41) is 42.1. The number of amides is 9. The molecule has 3 rings (SSSR count). The van der Waals surface area contributed by atoms with Gasteiger partial charge in [0.2, 0.25) is 53.2 Å². The molecule has 0 saturated carbocycles. The van der Waals surface area contributed by atoms with Crippen molar-refractivity contribution >= 4 is 76.0 Å². The van der Waals surface area contributed by atoms with Gasteiger partial charge in [-0.1, -0.05) is 62.4 Å². The second-order valence-corrected chi connectivity index (χ2v) is 19.1. The molecule has 9 amide bonds. The SMILES string of the molecule is CC(C)[C@H](NC(=O)[C@H](CCCCN)NC(=O)[C@H](Cc1ccccc1)NC(=O)[C@H](CCCN=C(N)N)NC(=O)[C@@H](N)CO)C(=O)N[C@@H](Cc1c[nH]c2ccccc12)C(=O)N[C@@H](C)C(=O)N[C@@H](C)C(=O)N[C@@H](C)C(=O)NCC(=O)O. The lowest BCUT2D eigenvalue weighted by atomic mass is 9.99. The summed E-state index contributed by atoms with van der Waals surface area (Å²) in [4.78, 5) is 140. The van der Waals surface area contributed by atoms with Gasteiger partial charge in [-0.15, -0.1) is 0 Å². The molecule has 0 aliphatic heterocycles. The number of fused-ring (bicyclic) bond motifs is 1. The number of aliphatic imine (C=N–C) groups is 1. The van der Waals surface area contributed by atoms with Crippen molar-refractivity contribution in [1.82, 2.24) is 52.8 Å². The summed E-state index contributed by atoms with van der Waals surface area (Å²) in [7, 11) is 0. The average molecular weight is 1090 g/mol. The maximum Gasteiger partial charge on any atom is 0.322 e. The first-order valence-corrected chi connectivity index (χ1v) is 25.6. The van der Waals surface area contributed by atoms with Crippen molar-refractivity contribution in [1.29, 1.82) is 0 Å². The van der Waals surface area contributed by atoms with E-state index in [1.54, 1.807) is 56.4 Å². The minimum absolute atomic E-state index is 0.00343. The molecular weight excluding hydrogens is 1010 g/mol. The molecule has 0 unspecified atom stereocenters. The third kappa shape index (κ3) is 21.5. The van der Waals surface area contributed by atoms with Crippen LogP contribution >= 0.6 is 0 Å². The Labute approximate surface area is 451 Å². The van der Waals surface area contributed by atoms with Crippen LogP contribution in [0.15, 0.2) is 65.8 Å². The summed E-state index contributed by atoms with van der Waals surface area (Å²) < 4.78 is 0. The number of aromatic amines is 1. The Morgan fingerprint density at radius 2 is 1.08 bits per heavy atom. The molecule has 0 aliphatic carbocycles. The molecule has 2 aromatic carbocycles. The number of hydrogen-bond donors (Lipinski definition) is 16. The van der Waals surface area contributed by atoms with E-state index in [1.807, 2.05) is 18.2 Å². The molecule has 9 atom stereocenters. The minimum atomic E-state index is -1.36. The van der Waals surface area contributed by atoms with Gasteiger partial charge in [0.25, 0.3) is 0 Å². The number of H-pyrrole nitrogens is 1. The van der Waals surface area contributed by atoms with E-state index in [9.17, 15) is 53.1 Å². The largest absolute Gasteiger partial charge is 0.480 e. The van der Waals surface area contributed by atoms with Crippen molar-refractivity contribution in [3.8, 4) is 0 Å². The molecule has 0 bridgehead atoms. The number of rotatable bonds is 33. The molecule has 428 valence electrons. The van der Waals surface area contributed by atoms with E-state index in [-0.39, 0.29) is 51.2 Å². The van der Waals surface area contributed by atoms with Gasteiger partial charge < -0.3 is 86.0 Å². The number of carbonyl (C=O) groups excluding carboxylic acids is 9. The molecule has 0 spiro atoms. The number of aliphatic hydroxyl groups excluding tert-OH is 1. The van der Waals surface area contributed by atoms with E-state index < -0.39 is 133 Å². The summed E-state index contributed by atoms with van der Waals surface area (Å²) >= 11 is 0. The van der Waals surface area contributed by atoms with Crippen LogP contribution in [-0.2, 0) is 60.8 Å². The minimum Gasteiger partial charge on any atom is -0.480 e. The van der Waals surface area contributed by atoms with Gasteiger partial charge in [-0.3, -0.25) is 52.9 Å². The highest BCUT2D eigenvalue weighted by Gasteiger charge is 2.35. The molecule has 1 aromatic heterocycles. The number of benzene rings is 2. The fourth-order valence-electron chi connectivity index (χ4n) is 7.78. The number of nitrogens with one attached hydrogen (secondary N) is 10. The second kappa shape index (κ2) is 32.4. The zero-order valence-electron chi connectivity index (χ0n) is 44.6. The first-order chi connectivity index (χ1) is 36.9. The first-order valence-electron chi connectivity index (χ1n) is 25.6. The number of carbonyl (C=O) groups is 10. The van der Waals surface area contributed by atoms with Crippen LogP contribution in [0.5, 0.6) is 0 Å². The van der Waals surface area contributed by atoms with Crippen molar-refractivity contribution < 1.29 is 58.2 Å². The maximum absolute atomic E-state index is 14.4. The van der Waals surface area contributed by atoms with Crippen LogP contribution in [0, 0.1) is 5.92 Å². The Bertz CT molecular complexity index is 2560. The maximum atomic E-state index is 14.4. The zero-order valence-corrected chi connectivity index (χ0v) is 44.6. The zero-order chi connectivity index (χ0) is 58.1. The fraction of sp³-hybridized carbons (Fsp3) is 0.510. The van der Waals surface area contributed by atoms with Gasteiger partial charge >= 0.3 is 5.97 Å². The number of para-hydroxylation sites is 1. The number of unbranched alkanes of at least 4 members (excludes halogenated alkanes) is 1. The van der Waals surface area contributed by atoms with Gasteiger partial charge in [-0.2, -0.15) is 0 Å². The highest BCUT2D eigenvalue weighted by Crippen LogP contribution is 2.20. The predicted octanol–water partition coefficient (Wildman–Crippen LogP) is -3.75. The summed E-state index contributed by atoms with van der Waals surface area (Å²) in [6.45, 7) is 6.28. The summed E-state index contributed by atoms with van der Waals surface area (Å²) in [6.07, 6.45) is 2.56. The van der Waals surface area contributed by atoms with Crippen molar-refractivity contribution in [2.24, 2.45) is 33.8 Å². The lowest BCUT2D eigenvalue weighted by Gasteiger charge is -2.29. The second-order valence-electron chi connectivity index (χ2n) is 19.1. The highest BCUT2D eigenvalue weighted by atomic mass is 16.4. The van der Waals surface area contributed by atoms with E-state index in [2.05, 4.69) is 57.8 Å². The molecule has 0 radical (unpaired) electrons. The van der Waals surface area contributed by atoms with Crippen LogP contribution in [0.4, 0.5) is 0 Å². The van der Waals surface area contributed by atoms with Crippen molar-refractivity contribution in [2.45, 2.75) is 134 Å². The normalized spacial score (nSPS) is 14.5. The Hall–Kier alpha value is -8.17. The van der Waals surface area contributed by atoms with Gasteiger partial charge in [0, 0.05) is 36.5 Å². The van der Waals surface area contributed by atoms with Gasteiger partial charge in [0.15, 0.2) is 5.96 Å². The number of hydrogen-bond acceptors (Lipinski definition) is 14. The lowest BCUT2D eigenvalue weighted by Crippen LogP contribution is -2.61. The molecular formula is C51H77N15O12. The summed E-state index contributed by atoms with van der Waals surface area (Å²) in [5.74, 6) is -9.25. The summed E-state index contributed by atoms with van der Waals surface area (Å²) in [5.41, 5.74) is 24.4. The fourth-order valence-corrected chi connectivity index (χ4v) is 7.78. The van der Waals surface area contributed by atoms with Gasteiger partial charge in [-0.05, 0) is 82.5 Å². The number of guanidine groups is 1. The smallest absolute Gasteiger partial charge is 0.322 e. The van der Waals surface area contributed by atoms with Crippen molar-refractivity contribution in [3.63, 3.8) is 0 Å². The number of carboxylic acid groups (broad SMARTS) is 1. The molecule has 0 fully saturated rings. The van der Waals surface area contributed by atoms with E-state index in [4.69, 9.17) is 28.0 Å². The molecule has 0 saturated heterocycles. The van der Waals surface area contributed by atoms with Crippen LogP contribution in [0.3, 0.4) is 0 Å². The Kier molecular flexibility index (Phi) is 26.7. The molecule has 27 nitrogen and oxygen atoms in total. The van der Waals surface area contributed by atoms with Crippen molar-refractivity contribution in [3.05, 3.63) is 71.9 Å². The Morgan fingerprint density at radius 3 is 1.67 bits per heavy atom. The monoisotopic (exact) mass is 1090 g/mol. The number of aliphatic carboxylic acids is 1. The van der Waals surface area contributed by atoms with Gasteiger partial charge in [0.1, 0.15) is 60.9 Å². The van der Waals surface area contributed by atoms with Crippen molar-refractivity contribution in [2.75, 3.05) is 26.2 Å². The van der Waals surface area contributed by atoms with E-state index in [1.165, 1.54) is 20.8 Å². The number of aliphatic hydroxyl groups is 1. The molecule has 20 N–H and O–H groups in total. The number of carboxylic acids is 1. The number of nitrogens with two attached hydrogens (primary N) is 4. The molecule has 0 aliphatic rings. The number of aromatic nitrogens is 1. The van der Waals surface area contributed by atoms with Crippen LogP contribution in [0.25, 0.3) is 10.9 Å². The third-order valence-corrected chi connectivity index (χ3v) is 12.3. The Morgan fingerprint density at radius 1 is 0.577 bits per heavy atom. The average Bonchev–Trinajstić information content (AvgIpc) is 3.82. The molecule has 27 heteroatoms. The number of nitrogens with zero attached hydrogens (tertiary/aromatic N) is 1. The molecule has 3 aromatic rings. The van der Waals surface area contributed by atoms with Gasteiger partial charge in [0.05, 0.1) is 6.61 Å². The molecule has 1 heterocycles. The predicted molar refractivity (Wildman–Crippen MR) is 288 cm³/mol. The first kappa shape index (κ1) is 64.1. The molecule has 78 heavy (non-hydrogen) atoms. The third-order valence-electron chi connectivity index (χ3n) is 12.3. The van der Waals surface area contributed by atoms with E-state index >= 15 is 0 Å².